The second-order valence-electron chi connectivity index (χ2n) is 4.07. The summed E-state index contributed by atoms with van der Waals surface area (Å²) in [6, 6.07) is 3.19. The number of aryl methyl sites for hydroxylation is 1. The van der Waals surface area contributed by atoms with E-state index in [-0.39, 0.29) is 27.7 Å². The van der Waals surface area contributed by atoms with Crippen molar-refractivity contribution in [1.82, 2.24) is 4.98 Å². The van der Waals surface area contributed by atoms with Gasteiger partial charge in [-0.25, -0.2) is 18.6 Å². The molecule has 0 aliphatic carbocycles. The lowest BCUT2D eigenvalue weighted by atomic mass is 10.2. The molecule has 0 unspecified atom stereocenters. The zero-order valence-electron chi connectivity index (χ0n) is 10.2. The van der Waals surface area contributed by atoms with Crippen LogP contribution in [0.25, 0.3) is 0 Å². The van der Waals surface area contributed by atoms with Crippen molar-refractivity contribution >= 4 is 29.1 Å². The first-order chi connectivity index (χ1) is 9.38. The fourth-order valence-electron chi connectivity index (χ4n) is 1.52. The van der Waals surface area contributed by atoms with E-state index < -0.39 is 17.6 Å². The van der Waals surface area contributed by atoms with Crippen LogP contribution < -0.4 is 5.32 Å². The average Bonchev–Trinajstić information content (AvgIpc) is 2.37. The van der Waals surface area contributed by atoms with Crippen LogP contribution in [0, 0.1) is 18.6 Å². The molecule has 0 bridgehead atoms. The van der Waals surface area contributed by atoms with Crippen molar-refractivity contribution in [2.45, 2.75) is 6.92 Å². The van der Waals surface area contributed by atoms with E-state index in [0.717, 1.165) is 18.3 Å². The smallest absolute Gasteiger partial charge is 0.337 e. The molecular weight excluding hydrogens is 290 g/mol. The summed E-state index contributed by atoms with van der Waals surface area (Å²) in [5.74, 6) is -2.38. The molecule has 1 aromatic carbocycles. The number of pyridine rings is 1. The van der Waals surface area contributed by atoms with E-state index in [0.29, 0.717) is 0 Å². The molecule has 0 atom stereocenters. The summed E-state index contributed by atoms with van der Waals surface area (Å²) in [6.07, 6.45) is 1.07. The lowest BCUT2D eigenvalue weighted by Gasteiger charge is -2.10. The van der Waals surface area contributed by atoms with Gasteiger partial charge in [0.05, 0.1) is 16.3 Å². The van der Waals surface area contributed by atoms with Gasteiger partial charge < -0.3 is 10.4 Å². The third kappa shape index (κ3) is 2.85. The van der Waals surface area contributed by atoms with E-state index in [1.807, 2.05) is 0 Å². The highest BCUT2D eigenvalue weighted by Crippen LogP contribution is 2.27. The molecule has 2 aromatic rings. The molecule has 2 rings (SSSR count). The molecule has 0 radical (unpaired) electrons. The van der Waals surface area contributed by atoms with E-state index in [2.05, 4.69) is 10.3 Å². The maximum absolute atomic E-state index is 13.7. The number of aromatic nitrogens is 1. The number of hydrogen-bond donors (Lipinski definition) is 2. The molecule has 0 aliphatic rings. The molecule has 0 fully saturated rings. The van der Waals surface area contributed by atoms with Gasteiger partial charge in [0.15, 0.2) is 0 Å². The van der Waals surface area contributed by atoms with Gasteiger partial charge in [-0.15, -0.1) is 0 Å². The van der Waals surface area contributed by atoms with Gasteiger partial charge in [-0.2, -0.15) is 0 Å². The summed E-state index contributed by atoms with van der Waals surface area (Å²) in [4.78, 5) is 14.5. The Hall–Kier alpha value is -2.21. The largest absolute Gasteiger partial charge is 0.478 e. The van der Waals surface area contributed by atoms with Crippen LogP contribution in [-0.2, 0) is 0 Å². The summed E-state index contributed by atoms with van der Waals surface area (Å²) in [6.45, 7) is 1.44. The Labute approximate surface area is 118 Å². The molecule has 20 heavy (non-hydrogen) atoms. The minimum atomic E-state index is -1.18. The van der Waals surface area contributed by atoms with Crippen molar-refractivity contribution in [3.8, 4) is 0 Å². The number of aromatic carboxylic acids is 1. The van der Waals surface area contributed by atoms with Crippen LogP contribution in [0.5, 0.6) is 0 Å². The van der Waals surface area contributed by atoms with Gasteiger partial charge in [0, 0.05) is 12.3 Å². The Balaban J connectivity index is 2.35. The SMILES string of the molecule is Cc1cc(F)c(Nc2ncc(C(=O)O)cc2Cl)cc1F. The second-order valence-corrected chi connectivity index (χ2v) is 4.47. The van der Waals surface area contributed by atoms with E-state index in [9.17, 15) is 13.6 Å². The molecule has 7 heteroatoms. The summed E-state index contributed by atoms with van der Waals surface area (Å²) in [7, 11) is 0. The topological polar surface area (TPSA) is 62.2 Å². The van der Waals surface area contributed by atoms with Crippen LogP contribution in [0.2, 0.25) is 5.02 Å². The van der Waals surface area contributed by atoms with Crippen LogP contribution in [0.15, 0.2) is 24.4 Å². The Bertz CT molecular complexity index is 692. The molecule has 1 aromatic heterocycles. The number of carboxylic acid groups (broad SMARTS) is 1. The maximum Gasteiger partial charge on any atom is 0.337 e. The number of nitrogens with one attached hydrogen (secondary N) is 1. The summed E-state index contributed by atoms with van der Waals surface area (Å²) < 4.78 is 27.1. The van der Waals surface area contributed by atoms with Crippen molar-refractivity contribution in [2.24, 2.45) is 0 Å². The number of carbonyl (C=O) groups is 1. The molecule has 1 heterocycles. The summed E-state index contributed by atoms with van der Waals surface area (Å²) in [5, 5.41) is 11.3. The van der Waals surface area contributed by atoms with E-state index in [1.165, 1.54) is 13.0 Å². The number of halogens is 3. The quantitative estimate of drug-likeness (QED) is 0.905. The molecule has 0 saturated carbocycles. The van der Waals surface area contributed by atoms with Crippen LogP contribution in [0.4, 0.5) is 20.3 Å². The lowest BCUT2D eigenvalue weighted by Crippen LogP contribution is -2.02. The monoisotopic (exact) mass is 298 g/mol. The molecule has 2 N–H and O–H groups in total. The van der Waals surface area contributed by atoms with E-state index in [4.69, 9.17) is 16.7 Å². The Morgan fingerprint density at radius 1 is 1.30 bits per heavy atom. The predicted octanol–water partition coefficient (Wildman–Crippen LogP) is 3.76. The van der Waals surface area contributed by atoms with Gasteiger partial charge in [0.2, 0.25) is 0 Å². The lowest BCUT2D eigenvalue weighted by molar-refractivity contribution is 0.0696. The standard InChI is InChI=1S/C13H9ClF2N2O2/c1-6-2-10(16)11(4-9(6)15)18-12-8(14)3-7(5-17-12)13(19)20/h2-5H,1H3,(H,17,18)(H,19,20). The van der Waals surface area contributed by atoms with Gasteiger partial charge >= 0.3 is 5.97 Å². The molecular formula is C13H9ClF2N2O2. The number of benzene rings is 1. The zero-order chi connectivity index (χ0) is 14.9. The van der Waals surface area contributed by atoms with Crippen molar-refractivity contribution in [3.63, 3.8) is 0 Å². The van der Waals surface area contributed by atoms with Gasteiger partial charge in [-0.05, 0) is 24.6 Å². The van der Waals surface area contributed by atoms with Gasteiger partial charge in [-0.3, -0.25) is 0 Å². The van der Waals surface area contributed by atoms with Gasteiger partial charge in [0.1, 0.15) is 17.5 Å². The summed E-state index contributed by atoms with van der Waals surface area (Å²) in [5.41, 5.74) is -0.0602. The molecule has 4 nitrogen and oxygen atoms in total. The fourth-order valence-corrected chi connectivity index (χ4v) is 1.73. The van der Waals surface area contributed by atoms with Crippen LogP contribution >= 0.6 is 11.6 Å². The normalized spacial score (nSPS) is 10.4. The number of carboxylic acids is 1. The predicted molar refractivity (Wildman–Crippen MR) is 70.6 cm³/mol. The Morgan fingerprint density at radius 3 is 2.60 bits per heavy atom. The van der Waals surface area contributed by atoms with Crippen molar-refractivity contribution in [3.05, 3.63) is 52.2 Å². The Morgan fingerprint density at radius 2 is 2.00 bits per heavy atom. The third-order valence-electron chi connectivity index (χ3n) is 2.59. The number of rotatable bonds is 3. The van der Waals surface area contributed by atoms with E-state index >= 15 is 0 Å². The number of nitrogens with zero attached hydrogens (tertiary/aromatic N) is 1. The molecule has 0 spiro atoms. The van der Waals surface area contributed by atoms with Gasteiger partial charge in [-0.1, -0.05) is 11.6 Å². The molecule has 0 amide bonds. The van der Waals surface area contributed by atoms with Crippen molar-refractivity contribution in [2.75, 3.05) is 5.32 Å². The van der Waals surface area contributed by atoms with Crippen molar-refractivity contribution in [1.29, 1.82) is 0 Å². The van der Waals surface area contributed by atoms with Crippen molar-refractivity contribution < 1.29 is 18.7 Å². The minimum absolute atomic E-state index is 0.00900. The van der Waals surface area contributed by atoms with Crippen LogP contribution in [0.1, 0.15) is 15.9 Å². The first kappa shape index (κ1) is 14.2. The first-order valence-corrected chi connectivity index (χ1v) is 5.88. The fraction of sp³-hybridized carbons (Fsp3) is 0.0769. The van der Waals surface area contributed by atoms with E-state index in [1.54, 1.807) is 0 Å². The molecule has 104 valence electrons. The zero-order valence-corrected chi connectivity index (χ0v) is 11.0. The minimum Gasteiger partial charge on any atom is -0.478 e. The van der Waals surface area contributed by atoms with Gasteiger partial charge in [0.25, 0.3) is 0 Å². The molecule has 0 saturated heterocycles. The van der Waals surface area contributed by atoms with Crippen LogP contribution in [-0.4, -0.2) is 16.1 Å². The highest BCUT2D eigenvalue weighted by Gasteiger charge is 2.12. The average molecular weight is 299 g/mol. The molecule has 0 aliphatic heterocycles. The third-order valence-corrected chi connectivity index (χ3v) is 2.88. The summed E-state index contributed by atoms with van der Waals surface area (Å²) >= 11 is 5.84. The first-order valence-electron chi connectivity index (χ1n) is 5.50. The number of hydrogen-bond acceptors (Lipinski definition) is 3. The number of anilines is 2. The second kappa shape index (κ2) is 5.42. The highest BCUT2D eigenvalue weighted by molar-refractivity contribution is 6.33. The highest BCUT2D eigenvalue weighted by atomic mass is 35.5. The van der Waals surface area contributed by atoms with Crippen LogP contribution in [0.3, 0.4) is 0 Å². The Kier molecular flexibility index (Phi) is 3.85. The maximum atomic E-state index is 13.7.